The molecule has 0 unspecified atom stereocenters. The Morgan fingerprint density at radius 1 is 1.14 bits per heavy atom. The number of Topliss-reactive ketones (excluding diaryl/α,β-unsaturated/α-hetero) is 1. The maximum Gasteiger partial charge on any atom is 0.419 e. The van der Waals surface area contributed by atoms with Crippen LogP contribution < -0.4 is 0 Å². The summed E-state index contributed by atoms with van der Waals surface area (Å²) in [5.41, 5.74) is 6.01. The Morgan fingerprint density at radius 2 is 1.86 bits per heavy atom. The number of rotatable bonds is 3. The van der Waals surface area contributed by atoms with Crippen molar-refractivity contribution in [1.29, 1.82) is 0 Å². The molecule has 0 N–H and O–H groups in total. The fourth-order valence-electron chi connectivity index (χ4n) is 5.45. The first kappa shape index (κ1) is 24.2. The molecule has 7 heteroatoms. The molecule has 0 amide bonds. The number of nitrogens with zero attached hydrogens (tertiary/aromatic N) is 4. The third-order valence-corrected chi connectivity index (χ3v) is 7.03. The van der Waals surface area contributed by atoms with Crippen molar-refractivity contribution in [3.05, 3.63) is 53.5 Å². The molecule has 0 radical (unpaired) electrons. The second-order valence-electron chi connectivity index (χ2n) is 11.3. The normalized spacial score (nSPS) is 15.4. The van der Waals surface area contributed by atoms with Crippen LogP contribution in [0, 0.1) is 6.92 Å². The number of benzene rings is 1. The first-order valence-electron chi connectivity index (χ1n) is 12.8. The number of carbonyl (C=O) groups is 2. The molecule has 4 aromatic rings. The first-order valence-corrected chi connectivity index (χ1v) is 12.8. The van der Waals surface area contributed by atoms with Gasteiger partial charge in [0, 0.05) is 30.0 Å². The summed E-state index contributed by atoms with van der Waals surface area (Å²) in [6.45, 7) is 12.0. The zero-order valence-electron chi connectivity index (χ0n) is 22.0. The van der Waals surface area contributed by atoms with Gasteiger partial charge in [-0.2, -0.15) is 5.10 Å². The van der Waals surface area contributed by atoms with Gasteiger partial charge in [-0.25, -0.2) is 18.9 Å². The van der Waals surface area contributed by atoms with Crippen molar-refractivity contribution in [2.45, 2.75) is 84.7 Å². The molecular formula is C29H34N4O3. The van der Waals surface area contributed by atoms with E-state index >= 15 is 0 Å². The number of aryl methyl sites for hydroxylation is 1. The van der Waals surface area contributed by atoms with Crippen LogP contribution in [0.3, 0.4) is 0 Å². The number of carbonyl (C=O) groups excluding carboxylic acids is 2. The van der Waals surface area contributed by atoms with Crippen LogP contribution in [0.4, 0.5) is 4.79 Å². The molecule has 188 valence electrons. The quantitative estimate of drug-likeness (QED) is 0.318. The Kier molecular flexibility index (Phi) is 5.97. The standard InChI is InChI=1S/C29H34N4O3/c1-17(2)25-23-14-20(19-7-10-22(34)11-8-19)9-12-24(23)33(28(35)36-29(4,5)6)26(25)21-13-18(3)27-30-16-31-32(27)15-21/h9,12-17,19H,7-8,10-11H2,1-6H3. The molecular weight excluding hydrogens is 452 g/mol. The van der Waals surface area contributed by atoms with E-state index in [4.69, 9.17) is 4.74 Å². The number of aromatic nitrogens is 4. The predicted molar refractivity (Wildman–Crippen MR) is 141 cm³/mol. The average Bonchev–Trinajstić information content (AvgIpc) is 3.40. The smallest absolute Gasteiger partial charge is 0.419 e. The van der Waals surface area contributed by atoms with E-state index in [1.54, 1.807) is 15.4 Å². The summed E-state index contributed by atoms with van der Waals surface area (Å²) in [4.78, 5) is 29.9. The molecule has 1 aliphatic carbocycles. The highest BCUT2D eigenvalue weighted by molar-refractivity contribution is 6.00. The number of ketones is 1. The van der Waals surface area contributed by atoms with Crippen molar-refractivity contribution in [3.63, 3.8) is 0 Å². The molecule has 1 saturated carbocycles. The van der Waals surface area contributed by atoms with Gasteiger partial charge in [0.15, 0.2) is 5.65 Å². The molecule has 1 aromatic carbocycles. The van der Waals surface area contributed by atoms with E-state index in [1.807, 2.05) is 40.0 Å². The molecule has 0 aliphatic heterocycles. The Labute approximate surface area is 211 Å². The molecule has 3 aromatic heterocycles. The number of pyridine rings is 1. The molecule has 0 atom stereocenters. The topological polar surface area (TPSA) is 78.5 Å². The van der Waals surface area contributed by atoms with Gasteiger partial charge in [0.25, 0.3) is 0 Å². The molecule has 0 saturated heterocycles. The van der Waals surface area contributed by atoms with Crippen LogP contribution in [-0.2, 0) is 9.53 Å². The van der Waals surface area contributed by atoms with Crippen LogP contribution in [0.2, 0.25) is 0 Å². The van der Waals surface area contributed by atoms with Crippen molar-refractivity contribution >= 4 is 28.4 Å². The second kappa shape index (κ2) is 8.87. The van der Waals surface area contributed by atoms with Crippen molar-refractivity contribution < 1.29 is 14.3 Å². The Bertz CT molecular complexity index is 1480. The van der Waals surface area contributed by atoms with Crippen LogP contribution in [0.5, 0.6) is 0 Å². The molecule has 5 rings (SSSR count). The second-order valence-corrected chi connectivity index (χ2v) is 11.3. The van der Waals surface area contributed by atoms with E-state index in [9.17, 15) is 9.59 Å². The fourth-order valence-corrected chi connectivity index (χ4v) is 5.45. The van der Waals surface area contributed by atoms with Gasteiger partial charge in [-0.3, -0.25) is 4.79 Å². The molecule has 0 bridgehead atoms. The molecule has 36 heavy (non-hydrogen) atoms. The lowest BCUT2D eigenvalue weighted by atomic mass is 9.83. The highest BCUT2D eigenvalue weighted by Gasteiger charge is 2.29. The Balaban J connectivity index is 1.78. The van der Waals surface area contributed by atoms with E-state index in [0.29, 0.717) is 24.5 Å². The van der Waals surface area contributed by atoms with Gasteiger partial charge in [0.1, 0.15) is 17.7 Å². The fraction of sp³-hybridized carbons (Fsp3) is 0.448. The molecule has 1 aliphatic rings. The molecule has 3 heterocycles. The lowest BCUT2D eigenvalue weighted by Crippen LogP contribution is -2.27. The molecule has 1 fully saturated rings. The van der Waals surface area contributed by atoms with Crippen LogP contribution in [0.1, 0.15) is 88.8 Å². The monoisotopic (exact) mass is 486 g/mol. The Morgan fingerprint density at radius 3 is 2.53 bits per heavy atom. The van der Waals surface area contributed by atoms with Gasteiger partial charge in [0.05, 0.1) is 11.2 Å². The predicted octanol–water partition coefficient (Wildman–Crippen LogP) is 6.79. The van der Waals surface area contributed by atoms with Crippen molar-refractivity contribution in [1.82, 2.24) is 19.2 Å². The zero-order valence-corrected chi connectivity index (χ0v) is 22.0. The largest absolute Gasteiger partial charge is 0.443 e. The average molecular weight is 487 g/mol. The first-order chi connectivity index (χ1) is 17.0. The molecule has 0 spiro atoms. The Hall–Kier alpha value is -3.48. The summed E-state index contributed by atoms with van der Waals surface area (Å²) in [5.74, 6) is 0.864. The SMILES string of the molecule is Cc1cc(-c2c(C(C)C)c3cc(C4CCC(=O)CC4)ccc3n2C(=O)OC(C)(C)C)cn2ncnc12. The summed E-state index contributed by atoms with van der Waals surface area (Å²) in [5, 5.41) is 5.41. The van der Waals surface area contributed by atoms with Gasteiger partial charge < -0.3 is 4.74 Å². The van der Waals surface area contributed by atoms with E-state index in [2.05, 4.69) is 42.1 Å². The summed E-state index contributed by atoms with van der Waals surface area (Å²) >= 11 is 0. The number of ether oxygens (including phenoxy) is 1. The summed E-state index contributed by atoms with van der Waals surface area (Å²) < 4.78 is 9.38. The number of hydrogen-bond donors (Lipinski definition) is 0. The van der Waals surface area contributed by atoms with E-state index < -0.39 is 11.7 Å². The summed E-state index contributed by atoms with van der Waals surface area (Å²) in [6, 6.07) is 8.46. The van der Waals surface area contributed by atoms with Gasteiger partial charge in [0.2, 0.25) is 0 Å². The third-order valence-electron chi connectivity index (χ3n) is 7.03. The minimum absolute atomic E-state index is 0.154. The summed E-state index contributed by atoms with van der Waals surface area (Å²) in [6.07, 6.45) is 6.11. The van der Waals surface area contributed by atoms with Crippen LogP contribution in [0.25, 0.3) is 27.8 Å². The maximum absolute atomic E-state index is 13.7. The zero-order chi connectivity index (χ0) is 25.8. The highest BCUT2D eigenvalue weighted by atomic mass is 16.6. The minimum atomic E-state index is -0.636. The van der Waals surface area contributed by atoms with Crippen molar-refractivity contribution in [2.24, 2.45) is 0 Å². The lowest BCUT2D eigenvalue weighted by molar-refractivity contribution is -0.120. The van der Waals surface area contributed by atoms with Gasteiger partial charge >= 0.3 is 6.09 Å². The van der Waals surface area contributed by atoms with E-state index in [-0.39, 0.29) is 5.92 Å². The summed E-state index contributed by atoms with van der Waals surface area (Å²) in [7, 11) is 0. The van der Waals surface area contributed by atoms with E-state index in [0.717, 1.165) is 51.8 Å². The van der Waals surface area contributed by atoms with Crippen LogP contribution >= 0.6 is 0 Å². The third kappa shape index (κ3) is 4.31. The van der Waals surface area contributed by atoms with Gasteiger partial charge in [-0.05, 0) is 87.3 Å². The molecule has 7 nitrogen and oxygen atoms in total. The number of fused-ring (bicyclic) bond motifs is 2. The van der Waals surface area contributed by atoms with E-state index in [1.165, 1.54) is 5.56 Å². The maximum atomic E-state index is 13.7. The van der Waals surface area contributed by atoms with Crippen LogP contribution in [-0.4, -0.2) is 36.6 Å². The minimum Gasteiger partial charge on any atom is -0.443 e. The van der Waals surface area contributed by atoms with Gasteiger partial charge in [-0.15, -0.1) is 0 Å². The lowest BCUT2D eigenvalue weighted by Gasteiger charge is -2.22. The highest BCUT2D eigenvalue weighted by Crippen LogP contribution is 2.41. The van der Waals surface area contributed by atoms with Crippen molar-refractivity contribution in [3.8, 4) is 11.3 Å². The van der Waals surface area contributed by atoms with Gasteiger partial charge in [-0.1, -0.05) is 19.9 Å². The number of hydrogen-bond acceptors (Lipinski definition) is 5. The van der Waals surface area contributed by atoms with Crippen LogP contribution in [0.15, 0.2) is 36.8 Å². The van der Waals surface area contributed by atoms with Crippen molar-refractivity contribution in [2.75, 3.05) is 0 Å².